The van der Waals surface area contributed by atoms with E-state index in [4.69, 9.17) is 16.3 Å². The first-order chi connectivity index (χ1) is 19.9. The van der Waals surface area contributed by atoms with Crippen LogP contribution in [0.4, 0.5) is 36.3 Å². The smallest absolute Gasteiger partial charge is 0.422 e. The molecule has 4 aromatic rings. The summed E-state index contributed by atoms with van der Waals surface area (Å²) < 4.78 is 46.6. The number of fused-ring (bicyclic) bond motifs is 1. The van der Waals surface area contributed by atoms with E-state index in [1.807, 2.05) is 68.0 Å². The lowest BCUT2D eigenvalue weighted by atomic mass is 10.1. The van der Waals surface area contributed by atoms with Crippen molar-refractivity contribution in [3.8, 4) is 17.1 Å². The summed E-state index contributed by atoms with van der Waals surface area (Å²) in [7, 11) is 5.71. The van der Waals surface area contributed by atoms with Gasteiger partial charge >= 0.3 is 6.18 Å². The number of anilines is 4. The Labute approximate surface area is 246 Å². The fraction of sp³-hybridized carbons (Fsp3) is 0.357. The Morgan fingerprint density at radius 2 is 1.93 bits per heavy atom. The first kappa shape index (κ1) is 30.8. The van der Waals surface area contributed by atoms with Crippen molar-refractivity contribution in [1.29, 1.82) is 0 Å². The summed E-state index contributed by atoms with van der Waals surface area (Å²) >= 11 is 5.74. The van der Waals surface area contributed by atoms with E-state index >= 15 is 0 Å². The van der Waals surface area contributed by atoms with Crippen LogP contribution in [-0.2, 0) is 11.8 Å². The number of amides is 1. The number of aromatic nitrogens is 4. The van der Waals surface area contributed by atoms with Crippen molar-refractivity contribution < 1.29 is 22.7 Å². The van der Waals surface area contributed by atoms with Crippen LogP contribution >= 0.6 is 11.6 Å². The number of likely N-dealkylation sites (N-methyl/N-ethyl adjacent to an activating group) is 1. The first-order valence-electron chi connectivity index (χ1n) is 13.1. The maximum Gasteiger partial charge on any atom is 0.422 e. The Bertz CT molecular complexity index is 1540. The Balaban J connectivity index is 1.73. The molecule has 1 amide bonds. The molecule has 0 aliphatic heterocycles. The molecule has 0 aliphatic rings. The summed E-state index contributed by atoms with van der Waals surface area (Å²) in [6.07, 6.45) is -1.10. The normalized spacial score (nSPS) is 12.4. The number of alkyl halides is 4. The predicted octanol–water partition coefficient (Wildman–Crippen LogP) is 5.64. The zero-order valence-corrected chi connectivity index (χ0v) is 24.3. The van der Waals surface area contributed by atoms with Crippen molar-refractivity contribution in [2.45, 2.75) is 25.6 Å². The number of pyridine rings is 1. The summed E-state index contributed by atoms with van der Waals surface area (Å²) in [6, 6.07) is 11.1. The Hall–Kier alpha value is -4.10. The monoisotopic (exact) mass is 604 g/mol. The number of nitrogens with one attached hydrogen (secondary N) is 3. The largest absolute Gasteiger partial charge is 0.466 e. The molecular formula is C28H32ClF3N8O2. The quantitative estimate of drug-likeness (QED) is 0.178. The van der Waals surface area contributed by atoms with Gasteiger partial charge in [0.05, 0.1) is 11.4 Å². The van der Waals surface area contributed by atoms with Gasteiger partial charge in [0.2, 0.25) is 17.7 Å². The first-order valence-corrected chi connectivity index (χ1v) is 13.6. The van der Waals surface area contributed by atoms with Crippen LogP contribution < -0.4 is 20.7 Å². The van der Waals surface area contributed by atoms with Gasteiger partial charge in [-0.3, -0.25) is 4.79 Å². The van der Waals surface area contributed by atoms with Gasteiger partial charge in [0.25, 0.3) is 0 Å². The highest BCUT2D eigenvalue weighted by Crippen LogP contribution is 2.35. The standard InChI is InChI=1S/C28H32ClF3N8O2/c1-17(39(2)3)14-34-25-21(35-24(41)9-11-29)13-22(26(38-25)42-16-28(30,31)32)37-27-33-12-10-20(36-27)19-15-40(4)23-8-6-5-7-18(19)23/h5-8,10,12-13,15,17H,9,11,14,16H2,1-4H3,(H,34,38)(H,35,41)(H,33,36,37). The number of ether oxygens (including phenoxy) is 1. The number of hydrogen-bond donors (Lipinski definition) is 3. The highest BCUT2D eigenvalue weighted by Gasteiger charge is 2.30. The van der Waals surface area contributed by atoms with Crippen LogP contribution in [-0.4, -0.2) is 75.7 Å². The molecule has 1 unspecified atom stereocenters. The van der Waals surface area contributed by atoms with E-state index in [1.165, 1.54) is 12.3 Å². The van der Waals surface area contributed by atoms with E-state index in [9.17, 15) is 18.0 Å². The Kier molecular flexibility index (Phi) is 9.74. The molecule has 224 valence electrons. The average molecular weight is 605 g/mol. The van der Waals surface area contributed by atoms with Gasteiger partial charge in [0, 0.05) is 60.8 Å². The van der Waals surface area contributed by atoms with Crippen molar-refractivity contribution >= 4 is 51.6 Å². The minimum absolute atomic E-state index is 0.0281. The highest BCUT2D eigenvalue weighted by molar-refractivity contribution is 6.19. The van der Waals surface area contributed by atoms with Crippen LogP contribution in [0.25, 0.3) is 22.2 Å². The molecule has 0 fully saturated rings. The molecule has 0 bridgehead atoms. The highest BCUT2D eigenvalue weighted by atomic mass is 35.5. The molecular weight excluding hydrogens is 573 g/mol. The number of rotatable bonds is 12. The molecule has 0 saturated heterocycles. The van der Waals surface area contributed by atoms with Gasteiger partial charge in [-0.15, -0.1) is 11.6 Å². The molecule has 0 radical (unpaired) electrons. The lowest BCUT2D eigenvalue weighted by Gasteiger charge is -2.22. The van der Waals surface area contributed by atoms with Gasteiger partial charge in [-0.05, 0) is 39.2 Å². The molecule has 3 N–H and O–H groups in total. The lowest BCUT2D eigenvalue weighted by Crippen LogP contribution is -2.32. The van der Waals surface area contributed by atoms with Crippen molar-refractivity contribution in [3.63, 3.8) is 0 Å². The fourth-order valence-electron chi connectivity index (χ4n) is 4.04. The van der Waals surface area contributed by atoms with E-state index in [0.717, 1.165) is 16.5 Å². The molecule has 3 aromatic heterocycles. The van der Waals surface area contributed by atoms with E-state index in [2.05, 4.69) is 30.9 Å². The second-order valence-corrected chi connectivity index (χ2v) is 10.3. The Morgan fingerprint density at radius 3 is 2.64 bits per heavy atom. The summed E-state index contributed by atoms with van der Waals surface area (Å²) in [5.41, 5.74) is 2.72. The van der Waals surface area contributed by atoms with Crippen molar-refractivity contribution in [2.24, 2.45) is 7.05 Å². The molecule has 0 saturated carbocycles. The molecule has 14 heteroatoms. The molecule has 10 nitrogen and oxygen atoms in total. The van der Waals surface area contributed by atoms with Gasteiger partial charge in [0.1, 0.15) is 5.69 Å². The summed E-state index contributed by atoms with van der Waals surface area (Å²) in [6.45, 7) is 0.771. The zero-order valence-electron chi connectivity index (χ0n) is 23.6. The fourth-order valence-corrected chi connectivity index (χ4v) is 4.21. The summed E-state index contributed by atoms with van der Waals surface area (Å²) in [5.74, 6) is -0.410. The van der Waals surface area contributed by atoms with Crippen LogP contribution in [0.3, 0.4) is 0 Å². The van der Waals surface area contributed by atoms with E-state index < -0.39 is 12.8 Å². The minimum atomic E-state index is -4.61. The maximum atomic E-state index is 13.2. The number of aryl methyl sites for hydroxylation is 1. The van der Waals surface area contributed by atoms with Crippen molar-refractivity contribution in [1.82, 2.24) is 24.4 Å². The van der Waals surface area contributed by atoms with Gasteiger partial charge in [-0.25, -0.2) is 9.97 Å². The zero-order chi connectivity index (χ0) is 30.4. The molecule has 1 atom stereocenters. The number of hydrogen-bond acceptors (Lipinski definition) is 8. The molecule has 4 rings (SSSR count). The van der Waals surface area contributed by atoms with Crippen molar-refractivity contribution in [2.75, 3.05) is 49.1 Å². The third kappa shape index (κ3) is 7.79. The predicted molar refractivity (Wildman–Crippen MR) is 159 cm³/mol. The molecule has 42 heavy (non-hydrogen) atoms. The van der Waals surface area contributed by atoms with Crippen LogP contribution in [0.5, 0.6) is 5.88 Å². The molecule has 3 heterocycles. The average Bonchev–Trinajstić information content (AvgIpc) is 3.28. The third-order valence-corrected chi connectivity index (χ3v) is 6.67. The summed E-state index contributed by atoms with van der Waals surface area (Å²) in [5, 5.41) is 9.74. The maximum absolute atomic E-state index is 13.2. The Morgan fingerprint density at radius 1 is 1.17 bits per heavy atom. The van der Waals surface area contributed by atoms with Crippen LogP contribution in [0, 0.1) is 0 Å². The molecule has 0 spiro atoms. The van der Waals surface area contributed by atoms with Crippen LogP contribution in [0.15, 0.2) is 48.8 Å². The number of carbonyl (C=O) groups excluding carboxylic acids is 1. The second kappa shape index (κ2) is 13.3. The van der Waals surface area contributed by atoms with Gasteiger partial charge in [-0.1, -0.05) is 18.2 Å². The van der Waals surface area contributed by atoms with E-state index in [0.29, 0.717) is 12.2 Å². The van der Waals surface area contributed by atoms with Gasteiger partial charge in [0.15, 0.2) is 12.4 Å². The molecule has 1 aromatic carbocycles. The number of para-hydroxylation sites is 1. The topological polar surface area (TPSA) is 109 Å². The number of carbonyl (C=O) groups is 1. The van der Waals surface area contributed by atoms with Crippen molar-refractivity contribution in [3.05, 3.63) is 48.8 Å². The van der Waals surface area contributed by atoms with Crippen LogP contribution in [0.2, 0.25) is 0 Å². The number of halogens is 4. The van der Waals surface area contributed by atoms with E-state index in [1.54, 1.807) is 6.07 Å². The van der Waals surface area contributed by atoms with E-state index in [-0.39, 0.29) is 53.3 Å². The van der Waals surface area contributed by atoms with Gasteiger partial charge < -0.3 is 30.2 Å². The minimum Gasteiger partial charge on any atom is -0.466 e. The number of benzene rings is 1. The number of nitrogens with zero attached hydrogens (tertiary/aromatic N) is 5. The SMILES string of the molecule is CC(CNc1nc(OCC(F)(F)F)c(Nc2nccc(-c3cn(C)c4ccccc34)n2)cc1NC(=O)CCCl)N(C)C. The molecule has 0 aliphatic carbocycles. The summed E-state index contributed by atoms with van der Waals surface area (Å²) in [4.78, 5) is 27.6. The van der Waals surface area contributed by atoms with Crippen LogP contribution in [0.1, 0.15) is 13.3 Å². The third-order valence-electron chi connectivity index (χ3n) is 6.48. The van der Waals surface area contributed by atoms with Gasteiger partial charge in [-0.2, -0.15) is 18.2 Å². The lowest BCUT2D eigenvalue weighted by molar-refractivity contribution is -0.153. The second-order valence-electron chi connectivity index (χ2n) is 9.88.